The summed E-state index contributed by atoms with van der Waals surface area (Å²) >= 11 is 0. The molecule has 0 spiro atoms. The maximum absolute atomic E-state index is 12.1. The minimum absolute atomic E-state index is 0.0385. The van der Waals surface area contributed by atoms with Gasteiger partial charge >= 0.3 is 12.0 Å². The molecule has 0 aliphatic rings. The highest BCUT2D eigenvalue weighted by Crippen LogP contribution is 2.14. The van der Waals surface area contributed by atoms with Gasteiger partial charge in [-0.2, -0.15) is 0 Å². The van der Waals surface area contributed by atoms with Gasteiger partial charge in [0, 0.05) is 18.3 Å². The maximum atomic E-state index is 12.1. The van der Waals surface area contributed by atoms with E-state index in [9.17, 15) is 19.5 Å². The molecule has 2 aromatic rings. The van der Waals surface area contributed by atoms with Crippen molar-refractivity contribution in [2.45, 2.75) is 25.4 Å². The van der Waals surface area contributed by atoms with Gasteiger partial charge in [-0.15, -0.1) is 0 Å². The third kappa shape index (κ3) is 4.73. The zero-order valence-corrected chi connectivity index (χ0v) is 13.1. The van der Waals surface area contributed by atoms with Crippen LogP contribution in [0.1, 0.15) is 12.8 Å². The quantitative estimate of drug-likeness (QED) is 0.530. The number of nitrogens with one attached hydrogen (secondary N) is 2. The van der Waals surface area contributed by atoms with Crippen molar-refractivity contribution in [3.63, 3.8) is 0 Å². The van der Waals surface area contributed by atoms with E-state index in [1.807, 2.05) is 30.3 Å². The second kappa shape index (κ2) is 8.00. The van der Waals surface area contributed by atoms with E-state index in [0.29, 0.717) is 6.42 Å². The van der Waals surface area contributed by atoms with Crippen LogP contribution in [0.4, 0.5) is 4.79 Å². The number of nitrogens with zero attached hydrogens (tertiary/aromatic N) is 1. The molecule has 0 saturated carbocycles. The van der Waals surface area contributed by atoms with E-state index in [-0.39, 0.29) is 25.4 Å². The lowest BCUT2D eigenvalue weighted by atomic mass is 10.1. The summed E-state index contributed by atoms with van der Waals surface area (Å²) in [5.41, 5.74) is 5.84. The molecule has 0 aliphatic carbocycles. The van der Waals surface area contributed by atoms with Crippen LogP contribution in [0.3, 0.4) is 0 Å². The van der Waals surface area contributed by atoms with Crippen LogP contribution >= 0.6 is 0 Å². The molecule has 8 heteroatoms. The molecule has 128 valence electrons. The number of hydrogen-bond acceptors (Lipinski definition) is 3. The molecule has 24 heavy (non-hydrogen) atoms. The topological polar surface area (TPSA) is 126 Å². The first-order valence-corrected chi connectivity index (χ1v) is 7.56. The van der Waals surface area contributed by atoms with E-state index in [4.69, 9.17) is 5.73 Å². The van der Waals surface area contributed by atoms with Crippen molar-refractivity contribution in [1.82, 2.24) is 15.2 Å². The number of urea groups is 1. The fraction of sp³-hybridized carbons (Fsp3) is 0.312. The van der Waals surface area contributed by atoms with E-state index in [0.717, 1.165) is 10.9 Å². The van der Waals surface area contributed by atoms with Crippen LogP contribution in [-0.2, 0) is 16.1 Å². The molecule has 0 fully saturated rings. The van der Waals surface area contributed by atoms with E-state index in [2.05, 4.69) is 10.6 Å². The van der Waals surface area contributed by atoms with Gasteiger partial charge in [0.05, 0.1) is 0 Å². The van der Waals surface area contributed by atoms with Crippen LogP contribution in [0.2, 0.25) is 0 Å². The number of aliphatic carboxylic acids is 1. The average Bonchev–Trinajstić information content (AvgIpc) is 2.93. The first-order chi connectivity index (χ1) is 11.5. The molecule has 2 rings (SSSR count). The Labute approximate surface area is 138 Å². The lowest BCUT2D eigenvalue weighted by Crippen LogP contribution is -2.42. The number of carboxylic acid groups (broad SMARTS) is 1. The molecular formula is C16H20N4O4. The molecule has 8 nitrogen and oxygen atoms in total. The predicted octanol–water partition coefficient (Wildman–Crippen LogP) is 0.659. The Morgan fingerprint density at radius 1 is 1.21 bits per heavy atom. The highest BCUT2D eigenvalue weighted by Gasteiger charge is 2.19. The maximum Gasteiger partial charge on any atom is 0.326 e. The number of carbonyl (C=O) groups is 3. The Morgan fingerprint density at radius 2 is 1.96 bits per heavy atom. The van der Waals surface area contributed by atoms with Crippen molar-refractivity contribution < 1.29 is 19.5 Å². The number of nitrogens with two attached hydrogens (primary N) is 1. The van der Waals surface area contributed by atoms with Crippen LogP contribution in [-0.4, -0.2) is 40.2 Å². The van der Waals surface area contributed by atoms with Gasteiger partial charge in [0.15, 0.2) is 0 Å². The SMILES string of the molecule is NC(=O)NCCCC(NC(=O)Cn1ccc2ccccc21)C(=O)O. The highest BCUT2D eigenvalue weighted by atomic mass is 16.4. The number of para-hydroxylation sites is 1. The Hall–Kier alpha value is -3.03. The Bertz CT molecular complexity index is 741. The molecule has 1 aromatic carbocycles. The van der Waals surface area contributed by atoms with Crippen molar-refractivity contribution >= 4 is 28.8 Å². The summed E-state index contributed by atoms with van der Waals surface area (Å²) in [5.74, 6) is -1.49. The van der Waals surface area contributed by atoms with Crippen molar-refractivity contribution in [3.8, 4) is 0 Å². The van der Waals surface area contributed by atoms with Crippen LogP contribution in [0.15, 0.2) is 36.5 Å². The van der Waals surface area contributed by atoms with Crippen molar-refractivity contribution in [3.05, 3.63) is 36.5 Å². The highest BCUT2D eigenvalue weighted by molar-refractivity contribution is 5.86. The number of fused-ring (bicyclic) bond motifs is 1. The van der Waals surface area contributed by atoms with E-state index in [1.165, 1.54) is 0 Å². The fourth-order valence-electron chi connectivity index (χ4n) is 2.45. The number of benzene rings is 1. The van der Waals surface area contributed by atoms with Gasteiger partial charge < -0.3 is 26.0 Å². The van der Waals surface area contributed by atoms with Gasteiger partial charge in [0.25, 0.3) is 0 Å². The van der Waals surface area contributed by atoms with Gasteiger partial charge in [0.1, 0.15) is 12.6 Å². The molecule has 0 saturated heterocycles. The largest absolute Gasteiger partial charge is 0.480 e. The van der Waals surface area contributed by atoms with Crippen LogP contribution in [0.25, 0.3) is 10.9 Å². The monoisotopic (exact) mass is 332 g/mol. The molecule has 0 bridgehead atoms. The summed E-state index contributed by atoms with van der Waals surface area (Å²) in [6.45, 7) is 0.300. The molecule has 5 N–H and O–H groups in total. The summed E-state index contributed by atoms with van der Waals surface area (Å²) in [6.07, 6.45) is 2.39. The van der Waals surface area contributed by atoms with Crippen LogP contribution in [0, 0.1) is 0 Å². The van der Waals surface area contributed by atoms with E-state index < -0.39 is 18.0 Å². The summed E-state index contributed by atoms with van der Waals surface area (Å²) < 4.78 is 1.76. The van der Waals surface area contributed by atoms with Crippen LogP contribution < -0.4 is 16.4 Å². The molecule has 1 unspecified atom stereocenters. The smallest absolute Gasteiger partial charge is 0.326 e. The lowest BCUT2D eigenvalue weighted by molar-refractivity contribution is -0.142. The van der Waals surface area contributed by atoms with E-state index in [1.54, 1.807) is 10.8 Å². The molecular weight excluding hydrogens is 312 g/mol. The average molecular weight is 332 g/mol. The Morgan fingerprint density at radius 3 is 2.67 bits per heavy atom. The normalized spacial score (nSPS) is 11.8. The van der Waals surface area contributed by atoms with E-state index >= 15 is 0 Å². The molecule has 0 radical (unpaired) electrons. The number of carboxylic acids is 1. The standard InChI is InChI=1S/C16H20N4O4/c17-16(24)18-8-3-5-12(15(22)23)19-14(21)10-20-9-7-11-4-1-2-6-13(11)20/h1-2,4,6-7,9,12H,3,5,8,10H2,(H,19,21)(H,22,23)(H3,17,18,24). The number of aromatic nitrogens is 1. The van der Waals surface area contributed by atoms with Gasteiger partial charge in [-0.25, -0.2) is 9.59 Å². The number of primary amides is 1. The second-order valence-electron chi connectivity index (χ2n) is 5.39. The zero-order valence-electron chi connectivity index (χ0n) is 13.1. The number of hydrogen-bond donors (Lipinski definition) is 4. The summed E-state index contributed by atoms with van der Waals surface area (Å²) in [6, 6.07) is 7.85. The van der Waals surface area contributed by atoms with Gasteiger partial charge in [-0.1, -0.05) is 18.2 Å². The molecule has 1 atom stereocenters. The zero-order chi connectivity index (χ0) is 17.5. The lowest BCUT2D eigenvalue weighted by Gasteiger charge is -2.15. The Balaban J connectivity index is 1.90. The molecule has 3 amide bonds. The minimum atomic E-state index is -1.11. The van der Waals surface area contributed by atoms with Gasteiger partial charge in [0.2, 0.25) is 5.91 Å². The molecule has 1 aromatic heterocycles. The summed E-state index contributed by atoms with van der Waals surface area (Å²) in [7, 11) is 0. The van der Waals surface area contributed by atoms with Crippen molar-refractivity contribution in [2.24, 2.45) is 5.73 Å². The van der Waals surface area contributed by atoms with Crippen molar-refractivity contribution in [1.29, 1.82) is 0 Å². The van der Waals surface area contributed by atoms with Gasteiger partial charge in [-0.05, 0) is 30.4 Å². The first-order valence-electron chi connectivity index (χ1n) is 7.56. The number of rotatable bonds is 8. The second-order valence-corrected chi connectivity index (χ2v) is 5.39. The third-order valence-corrected chi connectivity index (χ3v) is 3.60. The fourth-order valence-corrected chi connectivity index (χ4v) is 2.45. The Kier molecular flexibility index (Phi) is 5.78. The van der Waals surface area contributed by atoms with Crippen molar-refractivity contribution in [2.75, 3.05) is 6.54 Å². The predicted molar refractivity (Wildman–Crippen MR) is 88.3 cm³/mol. The summed E-state index contributed by atoms with van der Waals surface area (Å²) in [5, 5.41) is 15.1. The van der Waals surface area contributed by atoms with Crippen LogP contribution in [0.5, 0.6) is 0 Å². The molecule has 0 aliphatic heterocycles. The number of amides is 3. The first kappa shape index (κ1) is 17.3. The van der Waals surface area contributed by atoms with Gasteiger partial charge in [-0.3, -0.25) is 4.79 Å². The minimum Gasteiger partial charge on any atom is -0.480 e. The summed E-state index contributed by atoms with van der Waals surface area (Å²) in [4.78, 5) is 33.9. The number of carbonyl (C=O) groups excluding carboxylic acids is 2. The third-order valence-electron chi connectivity index (χ3n) is 3.60. The molecule has 1 heterocycles.